The highest BCUT2D eigenvalue weighted by atomic mass is 19.3. The fraction of sp³-hybridized carbons (Fsp3) is 0.533. The lowest BCUT2D eigenvalue weighted by Crippen LogP contribution is -2.39. The second-order valence-corrected chi connectivity index (χ2v) is 5.30. The summed E-state index contributed by atoms with van der Waals surface area (Å²) in [5.41, 5.74) is 0.475. The Labute approximate surface area is 123 Å². The van der Waals surface area contributed by atoms with Gasteiger partial charge >= 0.3 is 6.61 Å². The molecule has 0 aliphatic carbocycles. The van der Waals surface area contributed by atoms with E-state index in [-0.39, 0.29) is 11.7 Å². The molecule has 4 nitrogen and oxygen atoms in total. The number of halogens is 2. The van der Waals surface area contributed by atoms with Crippen LogP contribution >= 0.6 is 0 Å². The molecule has 1 aliphatic rings. The van der Waals surface area contributed by atoms with Crippen LogP contribution in [0.3, 0.4) is 0 Å². The minimum absolute atomic E-state index is 0.0562. The summed E-state index contributed by atoms with van der Waals surface area (Å²) in [6.07, 6.45) is 2.25. The third kappa shape index (κ3) is 4.67. The Bertz CT molecular complexity index is 459. The van der Waals surface area contributed by atoms with Crippen molar-refractivity contribution in [1.82, 2.24) is 10.2 Å². The minimum atomic E-state index is -2.85. The Morgan fingerprint density at radius 1 is 1.43 bits per heavy atom. The van der Waals surface area contributed by atoms with E-state index < -0.39 is 6.61 Å². The highest BCUT2D eigenvalue weighted by Crippen LogP contribution is 2.17. The molecule has 1 N–H and O–H groups in total. The molecule has 1 aliphatic heterocycles. The van der Waals surface area contributed by atoms with E-state index in [9.17, 15) is 13.6 Å². The zero-order chi connectivity index (χ0) is 15.2. The number of piperidine rings is 1. The normalized spacial score (nSPS) is 18.6. The molecule has 1 amide bonds. The molecular formula is C15H20F2N2O2. The first kappa shape index (κ1) is 15.7. The molecule has 0 spiro atoms. The summed E-state index contributed by atoms with van der Waals surface area (Å²) in [6.45, 7) is -0.187. The number of rotatable bonds is 5. The van der Waals surface area contributed by atoms with E-state index in [1.807, 2.05) is 0 Å². The molecular weight excluding hydrogens is 278 g/mol. The molecule has 6 heteroatoms. The lowest BCUT2D eigenvalue weighted by molar-refractivity contribution is -0.0498. The molecule has 0 saturated carbocycles. The number of nitrogens with zero attached hydrogens (tertiary/aromatic N) is 1. The standard InChI is InChI=1S/C15H20F2N2O2/c1-19(10-11-3-2-8-18-9-11)14(20)12-4-6-13(7-5-12)21-15(16)17/h4-7,11,15,18H,2-3,8-10H2,1H3. The molecule has 1 saturated heterocycles. The second-order valence-electron chi connectivity index (χ2n) is 5.30. The average molecular weight is 298 g/mol. The summed E-state index contributed by atoms with van der Waals surface area (Å²) in [7, 11) is 1.76. The molecule has 1 unspecified atom stereocenters. The Balaban J connectivity index is 1.91. The summed E-state index contributed by atoms with van der Waals surface area (Å²) in [4.78, 5) is 13.9. The van der Waals surface area contributed by atoms with Crippen molar-refractivity contribution in [1.29, 1.82) is 0 Å². The van der Waals surface area contributed by atoms with Crippen molar-refractivity contribution in [2.45, 2.75) is 19.5 Å². The fourth-order valence-electron chi connectivity index (χ4n) is 2.55. The fourth-order valence-corrected chi connectivity index (χ4v) is 2.55. The summed E-state index contributed by atoms with van der Waals surface area (Å²) in [6, 6.07) is 5.79. The molecule has 1 aromatic rings. The Hall–Kier alpha value is -1.69. The van der Waals surface area contributed by atoms with Crippen LogP contribution < -0.4 is 10.1 Å². The van der Waals surface area contributed by atoms with Crippen LogP contribution in [0.15, 0.2) is 24.3 Å². The molecule has 1 atom stereocenters. The first-order chi connectivity index (χ1) is 10.1. The summed E-state index contributed by atoms with van der Waals surface area (Å²) in [5.74, 6) is 0.416. The van der Waals surface area contributed by atoms with Crippen LogP contribution in [0.5, 0.6) is 5.75 Å². The Kier molecular flexibility index (Phi) is 5.50. The summed E-state index contributed by atoms with van der Waals surface area (Å²) >= 11 is 0. The number of hydrogen-bond acceptors (Lipinski definition) is 3. The minimum Gasteiger partial charge on any atom is -0.435 e. The van der Waals surface area contributed by atoms with Gasteiger partial charge in [-0.15, -0.1) is 0 Å². The molecule has 1 heterocycles. The van der Waals surface area contributed by atoms with Crippen LogP contribution in [0, 0.1) is 5.92 Å². The zero-order valence-electron chi connectivity index (χ0n) is 12.0. The number of carbonyl (C=O) groups is 1. The van der Waals surface area contributed by atoms with Gasteiger partial charge in [0.05, 0.1) is 0 Å². The average Bonchev–Trinajstić information content (AvgIpc) is 2.47. The largest absolute Gasteiger partial charge is 0.435 e. The van der Waals surface area contributed by atoms with Gasteiger partial charge in [-0.1, -0.05) is 0 Å². The Morgan fingerprint density at radius 2 is 2.14 bits per heavy atom. The van der Waals surface area contributed by atoms with Crippen molar-refractivity contribution in [3.05, 3.63) is 29.8 Å². The van der Waals surface area contributed by atoms with Gasteiger partial charge in [-0.25, -0.2) is 0 Å². The monoisotopic (exact) mass is 298 g/mol. The maximum atomic E-state index is 12.3. The van der Waals surface area contributed by atoms with Gasteiger partial charge in [-0.2, -0.15) is 8.78 Å². The number of benzene rings is 1. The summed E-state index contributed by atoms with van der Waals surface area (Å²) < 4.78 is 28.4. The SMILES string of the molecule is CN(CC1CCCNC1)C(=O)c1ccc(OC(F)F)cc1. The number of amides is 1. The smallest absolute Gasteiger partial charge is 0.387 e. The number of hydrogen-bond donors (Lipinski definition) is 1. The van der Waals surface area contributed by atoms with Gasteiger partial charge < -0.3 is 15.0 Å². The van der Waals surface area contributed by atoms with Crippen molar-refractivity contribution in [2.75, 3.05) is 26.7 Å². The lowest BCUT2D eigenvalue weighted by atomic mass is 9.99. The highest BCUT2D eigenvalue weighted by molar-refractivity contribution is 5.94. The van der Waals surface area contributed by atoms with E-state index in [0.29, 0.717) is 18.0 Å². The van der Waals surface area contributed by atoms with Crippen LogP contribution in [0.25, 0.3) is 0 Å². The van der Waals surface area contributed by atoms with Gasteiger partial charge in [0.25, 0.3) is 5.91 Å². The van der Waals surface area contributed by atoms with Crippen molar-refractivity contribution in [3.63, 3.8) is 0 Å². The quantitative estimate of drug-likeness (QED) is 0.907. The third-order valence-corrected chi connectivity index (χ3v) is 3.60. The molecule has 2 rings (SSSR count). The van der Waals surface area contributed by atoms with Crippen LogP contribution in [0.1, 0.15) is 23.2 Å². The van der Waals surface area contributed by atoms with Crippen molar-refractivity contribution in [3.8, 4) is 5.75 Å². The van der Waals surface area contributed by atoms with Gasteiger partial charge in [0.2, 0.25) is 0 Å². The van der Waals surface area contributed by atoms with Gasteiger partial charge in [-0.3, -0.25) is 4.79 Å². The van der Waals surface area contributed by atoms with E-state index in [0.717, 1.165) is 25.9 Å². The zero-order valence-corrected chi connectivity index (χ0v) is 12.0. The number of alkyl halides is 2. The Morgan fingerprint density at radius 3 is 2.71 bits per heavy atom. The van der Waals surface area contributed by atoms with Crippen LogP contribution in [0.4, 0.5) is 8.78 Å². The predicted molar refractivity (Wildman–Crippen MR) is 75.6 cm³/mol. The van der Waals surface area contributed by atoms with Gasteiger partial charge in [0, 0.05) is 19.2 Å². The molecule has 116 valence electrons. The molecule has 1 fully saturated rings. The van der Waals surface area contributed by atoms with Gasteiger partial charge in [0.1, 0.15) is 5.75 Å². The van der Waals surface area contributed by atoms with Crippen LogP contribution in [0.2, 0.25) is 0 Å². The van der Waals surface area contributed by atoms with E-state index in [1.54, 1.807) is 11.9 Å². The van der Waals surface area contributed by atoms with Gasteiger partial charge in [0.15, 0.2) is 0 Å². The third-order valence-electron chi connectivity index (χ3n) is 3.60. The maximum Gasteiger partial charge on any atom is 0.387 e. The molecule has 0 aromatic heterocycles. The maximum absolute atomic E-state index is 12.3. The van der Waals surface area contributed by atoms with Crippen molar-refractivity contribution < 1.29 is 18.3 Å². The number of carbonyl (C=O) groups excluding carboxylic acids is 1. The molecule has 0 bridgehead atoms. The summed E-state index contributed by atoms with van der Waals surface area (Å²) in [5, 5.41) is 3.32. The van der Waals surface area contributed by atoms with Crippen LogP contribution in [-0.2, 0) is 0 Å². The van der Waals surface area contributed by atoms with Crippen molar-refractivity contribution in [2.24, 2.45) is 5.92 Å². The highest BCUT2D eigenvalue weighted by Gasteiger charge is 2.19. The first-order valence-corrected chi connectivity index (χ1v) is 7.07. The van der Waals surface area contributed by atoms with Gasteiger partial charge in [-0.05, 0) is 56.1 Å². The lowest BCUT2D eigenvalue weighted by Gasteiger charge is -2.27. The second kappa shape index (κ2) is 7.36. The topological polar surface area (TPSA) is 41.6 Å². The predicted octanol–water partition coefficient (Wildman–Crippen LogP) is 2.36. The van der Waals surface area contributed by atoms with E-state index in [4.69, 9.17) is 0 Å². The number of nitrogens with one attached hydrogen (secondary N) is 1. The number of ether oxygens (including phenoxy) is 1. The molecule has 0 radical (unpaired) electrons. The molecule has 1 aromatic carbocycles. The van der Waals surface area contributed by atoms with E-state index in [2.05, 4.69) is 10.1 Å². The van der Waals surface area contributed by atoms with Crippen LogP contribution in [-0.4, -0.2) is 44.1 Å². The molecule has 21 heavy (non-hydrogen) atoms. The van der Waals surface area contributed by atoms with Crippen molar-refractivity contribution >= 4 is 5.91 Å². The van der Waals surface area contributed by atoms with E-state index in [1.165, 1.54) is 24.3 Å². The van der Waals surface area contributed by atoms with E-state index >= 15 is 0 Å². The first-order valence-electron chi connectivity index (χ1n) is 7.07.